The summed E-state index contributed by atoms with van der Waals surface area (Å²) < 4.78 is 1.92. The second-order valence-corrected chi connectivity index (χ2v) is 9.01. The van der Waals surface area contributed by atoms with Crippen molar-refractivity contribution >= 4 is 11.8 Å². The average Bonchev–Trinajstić information content (AvgIpc) is 3.44. The molecule has 3 aromatic rings. The lowest BCUT2D eigenvalue weighted by Gasteiger charge is -2.23. The molecule has 0 spiro atoms. The fourth-order valence-electron chi connectivity index (χ4n) is 4.87. The number of benzene rings is 2. The maximum absolute atomic E-state index is 13.6. The first kappa shape index (κ1) is 24.5. The van der Waals surface area contributed by atoms with Crippen molar-refractivity contribution in [2.75, 3.05) is 13.1 Å². The van der Waals surface area contributed by atoms with E-state index in [0.29, 0.717) is 13.1 Å². The van der Waals surface area contributed by atoms with E-state index in [1.165, 1.54) is 0 Å². The van der Waals surface area contributed by atoms with Gasteiger partial charge >= 0.3 is 0 Å². The second-order valence-electron chi connectivity index (χ2n) is 9.01. The summed E-state index contributed by atoms with van der Waals surface area (Å²) in [7, 11) is 0. The maximum atomic E-state index is 13.6. The molecule has 1 aliphatic carbocycles. The molecule has 6 nitrogen and oxygen atoms in total. The minimum absolute atomic E-state index is 0.00627. The van der Waals surface area contributed by atoms with Crippen molar-refractivity contribution in [1.82, 2.24) is 14.8 Å². The van der Waals surface area contributed by atoms with Gasteiger partial charge in [0.2, 0.25) is 5.43 Å². The number of carbonyl (C=O) groups excluding carboxylic acids is 2. The van der Waals surface area contributed by atoms with Crippen molar-refractivity contribution in [3.05, 3.63) is 106 Å². The summed E-state index contributed by atoms with van der Waals surface area (Å²) in [6.45, 7) is 4.77. The highest BCUT2D eigenvalue weighted by Crippen LogP contribution is 2.29. The Morgan fingerprint density at radius 2 is 1.40 bits per heavy atom. The minimum Gasteiger partial charge on any atom is -0.349 e. The van der Waals surface area contributed by atoms with Crippen molar-refractivity contribution in [2.45, 2.75) is 51.6 Å². The zero-order valence-corrected chi connectivity index (χ0v) is 20.4. The summed E-state index contributed by atoms with van der Waals surface area (Å²) >= 11 is 0. The van der Waals surface area contributed by atoms with Gasteiger partial charge in [0, 0.05) is 31.5 Å². The van der Waals surface area contributed by atoms with Gasteiger partial charge in [-0.2, -0.15) is 0 Å². The Labute approximate surface area is 206 Å². The normalized spacial score (nSPS) is 13.7. The smallest absolute Gasteiger partial charge is 0.259 e. The highest BCUT2D eigenvalue weighted by Gasteiger charge is 2.26. The summed E-state index contributed by atoms with van der Waals surface area (Å²) in [5.74, 6) is -0.808. The van der Waals surface area contributed by atoms with Crippen LogP contribution >= 0.6 is 0 Å². The summed E-state index contributed by atoms with van der Waals surface area (Å²) in [5.41, 5.74) is 1.38. The Morgan fingerprint density at radius 3 is 1.91 bits per heavy atom. The van der Waals surface area contributed by atoms with Gasteiger partial charge in [-0.3, -0.25) is 14.4 Å². The third-order valence-corrected chi connectivity index (χ3v) is 6.86. The van der Waals surface area contributed by atoms with Gasteiger partial charge < -0.3 is 14.8 Å². The number of nitrogens with zero attached hydrogens (tertiary/aromatic N) is 2. The monoisotopic (exact) mass is 471 g/mol. The molecule has 0 radical (unpaired) electrons. The molecule has 1 N–H and O–H groups in total. The summed E-state index contributed by atoms with van der Waals surface area (Å²) in [4.78, 5) is 41.9. The lowest BCUT2D eigenvalue weighted by Crippen LogP contribution is -2.39. The quantitative estimate of drug-likeness (QED) is 0.505. The van der Waals surface area contributed by atoms with Crippen LogP contribution in [0.5, 0.6) is 0 Å². The van der Waals surface area contributed by atoms with Crippen molar-refractivity contribution in [3.8, 4) is 0 Å². The van der Waals surface area contributed by atoms with Crippen LogP contribution in [0.4, 0.5) is 0 Å². The van der Waals surface area contributed by atoms with Crippen LogP contribution in [0.25, 0.3) is 0 Å². The SMILES string of the molecule is CCN(CC)C(=O)c1cn(C2CCCC2)cc(C(=O)NC(c2ccccc2)c2ccccc2)c1=O. The van der Waals surface area contributed by atoms with Gasteiger partial charge in [-0.05, 0) is 37.8 Å². The molecule has 182 valence electrons. The molecule has 4 rings (SSSR count). The van der Waals surface area contributed by atoms with E-state index in [0.717, 1.165) is 36.8 Å². The third-order valence-electron chi connectivity index (χ3n) is 6.86. The highest BCUT2D eigenvalue weighted by atomic mass is 16.2. The predicted molar refractivity (Wildman–Crippen MR) is 138 cm³/mol. The first-order valence-corrected chi connectivity index (χ1v) is 12.5. The number of hydrogen-bond acceptors (Lipinski definition) is 3. The number of carbonyl (C=O) groups is 2. The molecule has 35 heavy (non-hydrogen) atoms. The van der Waals surface area contributed by atoms with Crippen LogP contribution in [-0.4, -0.2) is 34.4 Å². The van der Waals surface area contributed by atoms with Crippen LogP contribution in [0.3, 0.4) is 0 Å². The van der Waals surface area contributed by atoms with E-state index in [4.69, 9.17) is 0 Å². The molecule has 1 aliphatic rings. The Kier molecular flexibility index (Phi) is 7.80. The number of rotatable bonds is 8. The fraction of sp³-hybridized carbons (Fsp3) is 0.345. The molecular weight excluding hydrogens is 438 g/mol. The zero-order valence-electron chi connectivity index (χ0n) is 20.4. The van der Waals surface area contributed by atoms with E-state index in [-0.39, 0.29) is 23.1 Å². The van der Waals surface area contributed by atoms with Crippen molar-refractivity contribution in [2.24, 2.45) is 0 Å². The van der Waals surface area contributed by atoms with Gasteiger partial charge in [0.05, 0.1) is 6.04 Å². The molecule has 2 aromatic carbocycles. The lowest BCUT2D eigenvalue weighted by molar-refractivity contribution is 0.0770. The number of amides is 2. The van der Waals surface area contributed by atoms with Crippen molar-refractivity contribution in [1.29, 1.82) is 0 Å². The maximum Gasteiger partial charge on any atom is 0.259 e. The zero-order chi connectivity index (χ0) is 24.8. The van der Waals surface area contributed by atoms with Gasteiger partial charge in [-0.15, -0.1) is 0 Å². The van der Waals surface area contributed by atoms with E-state index in [1.54, 1.807) is 17.3 Å². The molecule has 6 heteroatoms. The Hall–Kier alpha value is -3.67. The fourth-order valence-corrected chi connectivity index (χ4v) is 4.87. The summed E-state index contributed by atoms with van der Waals surface area (Å²) in [6, 6.07) is 19.1. The lowest BCUT2D eigenvalue weighted by atomic mass is 9.98. The van der Waals surface area contributed by atoms with Gasteiger partial charge in [0.15, 0.2) is 0 Å². The summed E-state index contributed by atoms with van der Waals surface area (Å²) in [6.07, 6.45) is 7.43. The largest absolute Gasteiger partial charge is 0.349 e. The van der Waals surface area contributed by atoms with Crippen LogP contribution in [0.2, 0.25) is 0 Å². The molecule has 0 saturated heterocycles. The first-order chi connectivity index (χ1) is 17.0. The number of nitrogens with one attached hydrogen (secondary N) is 1. The molecule has 1 aromatic heterocycles. The third kappa shape index (κ3) is 5.37. The molecule has 1 fully saturated rings. The van der Waals surface area contributed by atoms with Gasteiger partial charge in [0.25, 0.3) is 11.8 Å². The van der Waals surface area contributed by atoms with Gasteiger partial charge in [-0.25, -0.2) is 0 Å². The van der Waals surface area contributed by atoms with E-state index in [9.17, 15) is 14.4 Å². The number of aromatic nitrogens is 1. The van der Waals surface area contributed by atoms with E-state index in [2.05, 4.69) is 5.32 Å². The molecule has 2 amide bonds. The van der Waals surface area contributed by atoms with Crippen LogP contribution in [-0.2, 0) is 0 Å². The summed E-state index contributed by atoms with van der Waals surface area (Å²) in [5, 5.41) is 3.07. The van der Waals surface area contributed by atoms with E-state index in [1.807, 2.05) is 79.1 Å². The standard InChI is InChI=1S/C29H33N3O3/c1-3-31(4-2)29(35)25-20-32(23-17-11-12-18-23)19-24(27(25)33)28(34)30-26(21-13-7-5-8-14-21)22-15-9-6-10-16-22/h5-10,13-16,19-20,23,26H,3-4,11-12,17-18H2,1-2H3,(H,30,34). The van der Waals surface area contributed by atoms with Crippen LogP contribution < -0.4 is 10.7 Å². The second kappa shape index (κ2) is 11.2. The van der Waals surface area contributed by atoms with Gasteiger partial charge in [0.1, 0.15) is 11.1 Å². The molecule has 0 unspecified atom stereocenters. The van der Waals surface area contributed by atoms with E-state index >= 15 is 0 Å². The molecule has 1 heterocycles. The van der Waals surface area contributed by atoms with Crippen LogP contribution in [0.1, 0.15) is 83.5 Å². The van der Waals surface area contributed by atoms with Gasteiger partial charge in [-0.1, -0.05) is 73.5 Å². The minimum atomic E-state index is -0.520. The molecule has 0 aliphatic heterocycles. The van der Waals surface area contributed by atoms with Crippen molar-refractivity contribution < 1.29 is 9.59 Å². The Bertz CT molecular complexity index is 1170. The van der Waals surface area contributed by atoms with E-state index < -0.39 is 17.4 Å². The number of hydrogen-bond donors (Lipinski definition) is 1. The van der Waals surface area contributed by atoms with Crippen LogP contribution in [0, 0.1) is 0 Å². The topological polar surface area (TPSA) is 71.4 Å². The Morgan fingerprint density at radius 1 is 0.886 bits per heavy atom. The average molecular weight is 472 g/mol. The van der Waals surface area contributed by atoms with Crippen LogP contribution in [0.15, 0.2) is 77.9 Å². The molecule has 1 saturated carbocycles. The number of pyridine rings is 1. The predicted octanol–water partition coefficient (Wildman–Crippen LogP) is 4.96. The Balaban J connectivity index is 1.76. The molecular formula is C29H33N3O3. The van der Waals surface area contributed by atoms with Crippen molar-refractivity contribution in [3.63, 3.8) is 0 Å². The first-order valence-electron chi connectivity index (χ1n) is 12.5. The molecule has 0 atom stereocenters. The molecule has 0 bridgehead atoms. The highest BCUT2D eigenvalue weighted by molar-refractivity contribution is 5.99.